The molecule has 1 rings (SSSR count). The van der Waals surface area contributed by atoms with Crippen LogP contribution in [-0.2, 0) is 0 Å². The maximum absolute atomic E-state index is 12.1. The van der Waals surface area contributed by atoms with Crippen LogP contribution in [0.5, 0.6) is 0 Å². The monoisotopic (exact) mass is 277 g/mol. The third kappa shape index (κ3) is 5.59. The Kier molecular flexibility index (Phi) is 7.05. The summed E-state index contributed by atoms with van der Waals surface area (Å²) in [4.78, 5) is 16.3. The predicted octanol–water partition coefficient (Wildman–Crippen LogP) is 3.46. The highest BCUT2D eigenvalue weighted by molar-refractivity contribution is 5.93. The van der Waals surface area contributed by atoms with Gasteiger partial charge in [0, 0.05) is 24.5 Å². The summed E-state index contributed by atoms with van der Waals surface area (Å²) in [6, 6.07) is 3.86. The van der Waals surface area contributed by atoms with Crippen LogP contribution in [0.15, 0.2) is 18.3 Å². The predicted molar refractivity (Wildman–Crippen MR) is 84.0 cm³/mol. The van der Waals surface area contributed by atoms with E-state index in [1.807, 2.05) is 13.0 Å². The number of aromatic nitrogens is 1. The van der Waals surface area contributed by atoms with Crippen molar-refractivity contribution in [2.24, 2.45) is 5.92 Å². The van der Waals surface area contributed by atoms with Crippen molar-refractivity contribution in [2.75, 3.05) is 11.9 Å². The van der Waals surface area contributed by atoms with E-state index in [-0.39, 0.29) is 11.9 Å². The van der Waals surface area contributed by atoms with Gasteiger partial charge in [-0.3, -0.25) is 9.78 Å². The van der Waals surface area contributed by atoms with Crippen LogP contribution in [0.25, 0.3) is 0 Å². The molecule has 20 heavy (non-hydrogen) atoms. The van der Waals surface area contributed by atoms with E-state index in [1.165, 1.54) is 0 Å². The molecule has 4 nitrogen and oxygen atoms in total. The minimum absolute atomic E-state index is 0.0963. The second-order valence-corrected chi connectivity index (χ2v) is 5.48. The minimum Gasteiger partial charge on any atom is -0.385 e. The van der Waals surface area contributed by atoms with Gasteiger partial charge in [0.25, 0.3) is 5.91 Å². The number of pyridine rings is 1. The molecule has 2 N–H and O–H groups in total. The third-order valence-electron chi connectivity index (χ3n) is 3.40. The normalized spacial score (nSPS) is 13.6. The molecule has 0 saturated carbocycles. The van der Waals surface area contributed by atoms with Crippen molar-refractivity contribution in [3.8, 4) is 0 Å². The van der Waals surface area contributed by atoms with E-state index in [0.29, 0.717) is 11.6 Å². The van der Waals surface area contributed by atoms with Crippen LogP contribution in [0.3, 0.4) is 0 Å². The number of hydrogen-bond acceptors (Lipinski definition) is 3. The summed E-state index contributed by atoms with van der Waals surface area (Å²) in [6.07, 6.45) is 4.85. The molecule has 0 aliphatic carbocycles. The lowest BCUT2D eigenvalue weighted by Gasteiger charge is -2.17. The highest BCUT2D eigenvalue weighted by atomic mass is 16.1. The SMILES string of the molecule is CCCNc1ccnc(C(=O)NC(C)CC(C)CC)c1. The highest BCUT2D eigenvalue weighted by Crippen LogP contribution is 2.11. The summed E-state index contributed by atoms with van der Waals surface area (Å²) in [7, 11) is 0. The van der Waals surface area contributed by atoms with Crippen molar-refractivity contribution in [3.63, 3.8) is 0 Å². The summed E-state index contributed by atoms with van der Waals surface area (Å²) < 4.78 is 0. The van der Waals surface area contributed by atoms with Gasteiger partial charge in [0.05, 0.1) is 0 Å². The van der Waals surface area contributed by atoms with Gasteiger partial charge < -0.3 is 10.6 Å². The Bertz CT molecular complexity index is 420. The van der Waals surface area contributed by atoms with Crippen molar-refractivity contribution in [3.05, 3.63) is 24.0 Å². The van der Waals surface area contributed by atoms with Gasteiger partial charge in [0.2, 0.25) is 0 Å². The molecular weight excluding hydrogens is 250 g/mol. The Morgan fingerprint density at radius 3 is 2.75 bits per heavy atom. The summed E-state index contributed by atoms with van der Waals surface area (Å²) in [5.41, 5.74) is 1.42. The standard InChI is InChI=1S/C16H27N3O/c1-5-8-17-14-7-9-18-15(11-14)16(20)19-13(4)10-12(3)6-2/h7,9,11-13H,5-6,8,10H2,1-4H3,(H,17,18)(H,19,20). The van der Waals surface area contributed by atoms with E-state index in [2.05, 4.69) is 36.4 Å². The lowest BCUT2D eigenvalue weighted by atomic mass is 10.0. The zero-order chi connectivity index (χ0) is 15.0. The van der Waals surface area contributed by atoms with Crippen LogP contribution in [-0.4, -0.2) is 23.5 Å². The van der Waals surface area contributed by atoms with Gasteiger partial charge in [0.15, 0.2) is 0 Å². The zero-order valence-corrected chi connectivity index (χ0v) is 13.1. The summed E-state index contributed by atoms with van der Waals surface area (Å²) >= 11 is 0. The van der Waals surface area contributed by atoms with Crippen LogP contribution in [0.1, 0.15) is 57.4 Å². The summed E-state index contributed by atoms with van der Waals surface area (Å²) in [5, 5.41) is 6.28. The van der Waals surface area contributed by atoms with Crippen molar-refractivity contribution in [2.45, 2.75) is 53.0 Å². The molecular formula is C16H27N3O. The first-order valence-corrected chi connectivity index (χ1v) is 7.57. The van der Waals surface area contributed by atoms with Gasteiger partial charge in [-0.1, -0.05) is 27.2 Å². The van der Waals surface area contributed by atoms with Gasteiger partial charge in [-0.25, -0.2) is 0 Å². The molecule has 0 aliphatic heterocycles. The van der Waals surface area contributed by atoms with Gasteiger partial charge in [0.1, 0.15) is 5.69 Å². The lowest BCUT2D eigenvalue weighted by Crippen LogP contribution is -2.34. The maximum atomic E-state index is 12.1. The molecule has 2 atom stereocenters. The van der Waals surface area contributed by atoms with Crippen LogP contribution < -0.4 is 10.6 Å². The fourth-order valence-corrected chi connectivity index (χ4v) is 2.06. The molecule has 0 radical (unpaired) electrons. The Morgan fingerprint density at radius 2 is 2.10 bits per heavy atom. The molecule has 0 spiro atoms. The van der Waals surface area contributed by atoms with E-state index >= 15 is 0 Å². The molecule has 4 heteroatoms. The van der Waals surface area contributed by atoms with Gasteiger partial charge in [-0.15, -0.1) is 0 Å². The molecule has 0 bridgehead atoms. The van der Waals surface area contributed by atoms with Crippen molar-refractivity contribution in [1.29, 1.82) is 0 Å². The molecule has 2 unspecified atom stereocenters. The summed E-state index contributed by atoms with van der Waals surface area (Å²) in [5.74, 6) is 0.525. The molecule has 1 aromatic heterocycles. The fourth-order valence-electron chi connectivity index (χ4n) is 2.06. The van der Waals surface area contributed by atoms with E-state index in [0.717, 1.165) is 31.5 Å². The smallest absolute Gasteiger partial charge is 0.270 e. The second kappa shape index (κ2) is 8.56. The first-order valence-electron chi connectivity index (χ1n) is 7.57. The molecule has 112 valence electrons. The first kappa shape index (κ1) is 16.5. The minimum atomic E-state index is -0.0963. The largest absolute Gasteiger partial charge is 0.385 e. The van der Waals surface area contributed by atoms with Crippen molar-refractivity contribution in [1.82, 2.24) is 10.3 Å². The van der Waals surface area contributed by atoms with Crippen molar-refractivity contribution >= 4 is 11.6 Å². The molecule has 0 aromatic carbocycles. The fraction of sp³-hybridized carbons (Fsp3) is 0.625. The lowest BCUT2D eigenvalue weighted by molar-refractivity contribution is 0.0930. The van der Waals surface area contributed by atoms with Crippen LogP contribution >= 0.6 is 0 Å². The molecule has 0 aliphatic rings. The highest BCUT2D eigenvalue weighted by Gasteiger charge is 2.13. The van der Waals surface area contributed by atoms with E-state index in [1.54, 1.807) is 12.3 Å². The molecule has 0 fully saturated rings. The number of amides is 1. The number of nitrogens with one attached hydrogen (secondary N) is 2. The average Bonchev–Trinajstić information content (AvgIpc) is 2.45. The first-order chi connectivity index (χ1) is 9.56. The molecule has 1 amide bonds. The van der Waals surface area contributed by atoms with Gasteiger partial charge in [-0.05, 0) is 37.8 Å². The number of carbonyl (C=O) groups excluding carboxylic acids is 1. The molecule has 1 heterocycles. The second-order valence-electron chi connectivity index (χ2n) is 5.48. The molecule has 1 aromatic rings. The van der Waals surface area contributed by atoms with Crippen LogP contribution in [0, 0.1) is 5.92 Å². The number of rotatable bonds is 8. The average molecular weight is 277 g/mol. The number of anilines is 1. The quantitative estimate of drug-likeness (QED) is 0.765. The summed E-state index contributed by atoms with van der Waals surface area (Å²) in [6.45, 7) is 9.43. The Balaban J connectivity index is 2.58. The maximum Gasteiger partial charge on any atom is 0.270 e. The van der Waals surface area contributed by atoms with Crippen LogP contribution in [0.2, 0.25) is 0 Å². The number of carbonyl (C=O) groups is 1. The Morgan fingerprint density at radius 1 is 1.35 bits per heavy atom. The zero-order valence-electron chi connectivity index (χ0n) is 13.1. The topological polar surface area (TPSA) is 54.0 Å². The Labute approximate surface area is 122 Å². The number of hydrogen-bond donors (Lipinski definition) is 2. The number of nitrogens with zero attached hydrogens (tertiary/aromatic N) is 1. The van der Waals surface area contributed by atoms with E-state index in [4.69, 9.17) is 0 Å². The van der Waals surface area contributed by atoms with Crippen LogP contribution in [0.4, 0.5) is 5.69 Å². The van der Waals surface area contributed by atoms with Crippen molar-refractivity contribution < 1.29 is 4.79 Å². The molecule has 0 saturated heterocycles. The van der Waals surface area contributed by atoms with E-state index < -0.39 is 0 Å². The van der Waals surface area contributed by atoms with E-state index in [9.17, 15) is 4.79 Å². The van der Waals surface area contributed by atoms with Gasteiger partial charge in [-0.2, -0.15) is 0 Å². The third-order valence-corrected chi connectivity index (χ3v) is 3.40. The van der Waals surface area contributed by atoms with Gasteiger partial charge >= 0.3 is 0 Å². The Hall–Kier alpha value is -1.58.